The molecule has 1 aromatic rings. The molecule has 0 bridgehead atoms. The van der Waals surface area contributed by atoms with Crippen LogP contribution in [0.3, 0.4) is 0 Å². The van der Waals surface area contributed by atoms with Crippen LogP contribution in [-0.2, 0) is 0 Å². The van der Waals surface area contributed by atoms with Gasteiger partial charge in [-0.3, -0.25) is 0 Å². The molecule has 0 unspecified atom stereocenters. The Kier molecular flexibility index (Phi) is 3.25. The van der Waals surface area contributed by atoms with Crippen molar-refractivity contribution < 1.29 is 14.6 Å². The summed E-state index contributed by atoms with van der Waals surface area (Å²) in [4.78, 5) is 14.3. The molecule has 0 amide bonds. The molecule has 70 valence electrons. The molecule has 0 aromatic carbocycles. The van der Waals surface area contributed by atoms with E-state index >= 15 is 0 Å². The van der Waals surface area contributed by atoms with E-state index in [2.05, 4.69) is 4.98 Å². The maximum atomic E-state index is 10.4. The number of ether oxygens (including phenoxy) is 1. The Morgan fingerprint density at radius 2 is 2.38 bits per heavy atom. The van der Waals surface area contributed by atoms with Gasteiger partial charge in [-0.2, -0.15) is 0 Å². The van der Waals surface area contributed by atoms with Crippen LogP contribution < -0.4 is 4.74 Å². The van der Waals surface area contributed by atoms with Crippen LogP contribution in [0.2, 0.25) is 0 Å². The van der Waals surface area contributed by atoms with Gasteiger partial charge in [0.1, 0.15) is 0 Å². The highest BCUT2D eigenvalue weighted by Gasteiger charge is 2.02. The Morgan fingerprint density at radius 3 is 2.85 bits per heavy atom. The van der Waals surface area contributed by atoms with Gasteiger partial charge in [0.2, 0.25) is 5.88 Å². The van der Waals surface area contributed by atoms with Crippen molar-refractivity contribution in [3.05, 3.63) is 23.9 Å². The molecule has 1 rings (SSSR count). The van der Waals surface area contributed by atoms with E-state index in [0.29, 0.717) is 12.5 Å². The number of hydrogen-bond acceptors (Lipinski definition) is 3. The Bertz CT molecular complexity index is 281. The van der Waals surface area contributed by atoms with Gasteiger partial charge in [0.25, 0.3) is 0 Å². The molecule has 4 heteroatoms. The Morgan fingerprint density at radius 1 is 1.62 bits per heavy atom. The fourth-order valence-electron chi connectivity index (χ4n) is 0.799. The molecule has 0 atom stereocenters. The Balaban J connectivity index is 2.64. The van der Waals surface area contributed by atoms with E-state index in [1.807, 2.05) is 6.92 Å². The second-order valence-electron chi connectivity index (χ2n) is 2.54. The predicted molar refractivity (Wildman–Crippen MR) is 47.0 cm³/mol. The number of aromatic nitrogens is 1. The number of carboxylic acid groups (broad SMARTS) is 1. The van der Waals surface area contributed by atoms with Crippen LogP contribution in [0, 0.1) is 0 Å². The smallest absolute Gasteiger partial charge is 0.337 e. The average Bonchev–Trinajstić information content (AvgIpc) is 2.15. The quantitative estimate of drug-likeness (QED) is 0.765. The number of rotatable bonds is 4. The molecule has 0 spiro atoms. The van der Waals surface area contributed by atoms with Gasteiger partial charge in [-0.05, 0) is 12.5 Å². The molecule has 4 nitrogen and oxygen atoms in total. The zero-order valence-electron chi connectivity index (χ0n) is 7.36. The number of hydrogen-bond donors (Lipinski definition) is 1. The second kappa shape index (κ2) is 4.45. The third-order valence-electron chi connectivity index (χ3n) is 1.44. The van der Waals surface area contributed by atoms with Crippen LogP contribution in [0.5, 0.6) is 5.88 Å². The van der Waals surface area contributed by atoms with Crippen molar-refractivity contribution in [3.63, 3.8) is 0 Å². The van der Waals surface area contributed by atoms with Crippen LogP contribution in [-0.4, -0.2) is 22.7 Å². The minimum Gasteiger partial charge on any atom is -0.478 e. The first-order valence-electron chi connectivity index (χ1n) is 4.06. The van der Waals surface area contributed by atoms with Crippen molar-refractivity contribution in [1.82, 2.24) is 4.98 Å². The minimum atomic E-state index is -0.977. The maximum absolute atomic E-state index is 10.4. The van der Waals surface area contributed by atoms with E-state index in [4.69, 9.17) is 9.84 Å². The fourth-order valence-corrected chi connectivity index (χ4v) is 0.799. The zero-order chi connectivity index (χ0) is 9.68. The van der Waals surface area contributed by atoms with Crippen LogP contribution in [0.25, 0.3) is 0 Å². The van der Waals surface area contributed by atoms with E-state index < -0.39 is 5.97 Å². The van der Waals surface area contributed by atoms with Crippen LogP contribution in [0.1, 0.15) is 23.7 Å². The standard InChI is InChI=1S/C9H11NO3/c1-2-5-13-8-4-3-7(6-10-8)9(11)12/h3-4,6H,2,5H2,1H3,(H,11,12). The van der Waals surface area contributed by atoms with Gasteiger partial charge < -0.3 is 9.84 Å². The normalized spacial score (nSPS) is 9.62. The highest BCUT2D eigenvalue weighted by molar-refractivity contribution is 5.87. The lowest BCUT2D eigenvalue weighted by molar-refractivity contribution is 0.0696. The molecule has 0 radical (unpaired) electrons. The molecule has 0 fully saturated rings. The molecule has 0 aliphatic carbocycles. The summed E-state index contributed by atoms with van der Waals surface area (Å²) in [5.74, 6) is -0.513. The monoisotopic (exact) mass is 181 g/mol. The molecule has 1 aromatic heterocycles. The number of carboxylic acids is 1. The van der Waals surface area contributed by atoms with Gasteiger partial charge in [-0.15, -0.1) is 0 Å². The first-order valence-corrected chi connectivity index (χ1v) is 4.06. The topological polar surface area (TPSA) is 59.4 Å². The lowest BCUT2D eigenvalue weighted by Gasteiger charge is -2.02. The molecule has 1 heterocycles. The SMILES string of the molecule is CCCOc1ccc(C(=O)O)cn1. The summed E-state index contributed by atoms with van der Waals surface area (Å²) in [6, 6.07) is 3.03. The van der Waals surface area contributed by atoms with Gasteiger partial charge in [-0.25, -0.2) is 9.78 Å². The van der Waals surface area contributed by atoms with Crippen molar-refractivity contribution in [1.29, 1.82) is 0 Å². The van der Waals surface area contributed by atoms with E-state index in [1.54, 1.807) is 6.07 Å². The summed E-state index contributed by atoms with van der Waals surface area (Å²) < 4.78 is 5.19. The molecule has 1 N–H and O–H groups in total. The highest BCUT2D eigenvalue weighted by atomic mass is 16.5. The van der Waals surface area contributed by atoms with Crippen LogP contribution in [0.4, 0.5) is 0 Å². The molecule has 0 aliphatic heterocycles. The lowest BCUT2D eigenvalue weighted by atomic mass is 10.3. The van der Waals surface area contributed by atoms with Crippen molar-refractivity contribution >= 4 is 5.97 Å². The fraction of sp³-hybridized carbons (Fsp3) is 0.333. The molecule has 0 saturated heterocycles. The van der Waals surface area contributed by atoms with Crippen molar-refractivity contribution in [2.75, 3.05) is 6.61 Å². The van der Waals surface area contributed by atoms with Gasteiger partial charge in [-0.1, -0.05) is 6.92 Å². The largest absolute Gasteiger partial charge is 0.478 e. The van der Waals surface area contributed by atoms with Gasteiger partial charge in [0, 0.05) is 12.3 Å². The van der Waals surface area contributed by atoms with Gasteiger partial charge >= 0.3 is 5.97 Å². The van der Waals surface area contributed by atoms with Crippen molar-refractivity contribution in [3.8, 4) is 5.88 Å². The molecule has 0 aliphatic rings. The Labute approximate surface area is 76.2 Å². The molecule has 13 heavy (non-hydrogen) atoms. The average molecular weight is 181 g/mol. The van der Waals surface area contributed by atoms with Crippen molar-refractivity contribution in [2.24, 2.45) is 0 Å². The first kappa shape index (κ1) is 9.51. The lowest BCUT2D eigenvalue weighted by Crippen LogP contribution is -2.00. The Hall–Kier alpha value is -1.58. The first-order chi connectivity index (χ1) is 6.24. The summed E-state index contributed by atoms with van der Waals surface area (Å²) in [7, 11) is 0. The van der Waals surface area contributed by atoms with Gasteiger partial charge in [0.05, 0.1) is 12.2 Å². The van der Waals surface area contributed by atoms with Crippen LogP contribution >= 0.6 is 0 Å². The summed E-state index contributed by atoms with van der Waals surface area (Å²) in [6.07, 6.45) is 2.19. The summed E-state index contributed by atoms with van der Waals surface area (Å²) in [6.45, 7) is 2.59. The number of pyridine rings is 1. The number of nitrogens with zero attached hydrogens (tertiary/aromatic N) is 1. The van der Waals surface area contributed by atoms with Crippen LogP contribution in [0.15, 0.2) is 18.3 Å². The van der Waals surface area contributed by atoms with E-state index in [9.17, 15) is 4.79 Å². The number of aromatic carboxylic acids is 1. The van der Waals surface area contributed by atoms with Gasteiger partial charge in [0.15, 0.2) is 0 Å². The highest BCUT2D eigenvalue weighted by Crippen LogP contribution is 2.07. The third kappa shape index (κ3) is 2.74. The summed E-state index contributed by atoms with van der Waals surface area (Å²) in [5, 5.41) is 8.57. The zero-order valence-corrected chi connectivity index (χ0v) is 7.36. The van der Waals surface area contributed by atoms with E-state index in [1.165, 1.54) is 12.3 Å². The predicted octanol–water partition coefficient (Wildman–Crippen LogP) is 1.57. The molecule has 0 saturated carbocycles. The summed E-state index contributed by atoms with van der Waals surface area (Å²) >= 11 is 0. The molecular formula is C9H11NO3. The molecular weight excluding hydrogens is 170 g/mol. The third-order valence-corrected chi connectivity index (χ3v) is 1.44. The second-order valence-corrected chi connectivity index (χ2v) is 2.54. The maximum Gasteiger partial charge on any atom is 0.337 e. The minimum absolute atomic E-state index is 0.170. The number of carbonyl (C=O) groups is 1. The van der Waals surface area contributed by atoms with E-state index in [-0.39, 0.29) is 5.56 Å². The van der Waals surface area contributed by atoms with Crippen molar-refractivity contribution in [2.45, 2.75) is 13.3 Å². The summed E-state index contributed by atoms with van der Waals surface area (Å²) in [5.41, 5.74) is 0.170. The van der Waals surface area contributed by atoms with E-state index in [0.717, 1.165) is 6.42 Å².